The third-order valence-corrected chi connectivity index (χ3v) is 0.982. The van der Waals surface area contributed by atoms with Crippen LogP contribution in [0.1, 0.15) is 6.42 Å². The third kappa shape index (κ3) is 0.815. The maximum Gasteiger partial charge on any atom is 0.195 e. The monoisotopic (exact) mass is 97.1 g/mol. The van der Waals surface area contributed by atoms with E-state index in [0.717, 1.165) is 19.5 Å². The van der Waals surface area contributed by atoms with Crippen LogP contribution < -0.4 is 5.43 Å². The number of hydrogen-bond donors (Lipinski definition) is 1. The maximum absolute atomic E-state index is 8.18. The molecule has 0 aromatic heterocycles. The average molecular weight is 97.1 g/mol. The van der Waals surface area contributed by atoms with Crippen LogP contribution in [0.15, 0.2) is 0 Å². The van der Waals surface area contributed by atoms with Crippen LogP contribution in [-0.2, 0) is 0 Å². The maximum atomic E-state index is 8.18. The van der Waals surface area contributed by atoms with Gasteiger partial charge in [0.15, 0.2) is 6.19 Å². The summed E-state index contributed by atoms with van der Waals surface area (Å²) in [6, 6.07) is 0. The zero-order chi connectivity index (χ0) is 5.11. The Morgan fingerprint density at radius 2 is 2.57 bits per heavy atom. The van der Waals surface area contributed by atoms with Crippen molar-refractivity contribution in [3.05, 3.63) is 0 Å². The zero-order valence-electron chi connectivity index (χ0n) is 4.02. The van der Waals surface area contributed by atoms with Gasteiger partial charge in [-0.15, -0.1) is 0 Å². The first-order chi connectivity index (χ1) is 3.43. The van der Waals surface area contributed by atoms with Gasteiger partial charge in [-0.3, -0.25) is 0 Å². The van der Waals surface area contributed by atoms with Gasteiger partial charge in [0.05, 0.1) is 0 Å². The van der Waals surface area contributed by atoms with E-state index >= 15 is 0 Å². The topological polar surface area (TPSA) is 39.1 Å². The van der Waals surface area contributed by atoms with Gasteiger partial charge in [-0.05, 0) is 6.42 Å². The van der Waals surface area contributed by atoms with E-state index in [2.05, 4.69) is 5.43 Å². The van der Waals surface area contributed by atoms with E-state index in [9.17, 15) is 0 Å². The van der Waals surface area contributed by atoms with E-state index in [1.807, 2.05) is 6.19 Å². The summed E-state index contributed by atoms with van der Waals surface area (Å²) in [5, 5.41) is 9.72. The number of hydrazine groups is 1. The molecule has 0 bridgehead atoms. The molecule has 38 valence electrons. The first-order valence-electron chi connectivity index (χ1n) is 2.34. The van der Waals surface area contributed by atoms with Crippen LogP contribution in [0.5, 0.6) is 0 Å². The van der Waals surface area contributed by atoms with Crippen molar-refractivity contribution in [1.82, 2.24) is 10.4 Å². The lowest BCUT2D eigenvalue weighted by Gasteiger charge is -2.01. The Bertz CT molecular complexity index is 87.6. The molecule has 0 unspecified atom stereocenters. The van der Waals surface area contributed by atoms with Crippen LogP contribution in [0, 0.1) is 11.5 Å². The second-order valence-electron chi connectivity index (χ2n) is 1.51. The Kier molecular flexibility index (Phi) is 1.14. The van der Waals surface area contributed by atoms with Crippen molar-refractivity contribution in [2.45, 2.75) is 6.42 Å². The Balaban J connectivity index is 2.31. The second-order valence-corrected chi connectivity index (χ2v) is 1.51. The molecule has 1 fully saturated rings. The molecular formula is C4H7N3. The highest BCUT2D eigenvalue weighted by Gasteiger charge is 2.05. The van der Waals surface area contributed by atoms with Crippen LogP contribution in [0.25, 0.3) is 0 Å². The van der Waals surface area contributed by atoms with Crippen molar-refractivity contribution in [2.24, 2.45) is 0 Å². The minimum atomic E-state index is 0.872. The van der Waals surface area contributed by atoms with Gasteiger partial charge in [0.2, 0.25) is 0 Å². The number of nitrogens with one attached hydrogen (secondary N) is 1. The zero-order valence-corrected chi connectivity index (χ0v) is 4.02. The molecule has 0 atom stereocenters. The van der Waals surface area contributed by atoms with Crippen LogP contribution in [0.2, 0.25) is 0 Å². The van der Waals surface area contributed by atoms with E-state index in [-0.39, 0.29) is 0 Å². The minimum Gasteiger partial charge on any atom is -0.245 e. The number of rotatable bonds is 0. The van der Waals surface area contributed by atoms with Gasteiger partial charge in [-0.2, -0.15) is 5.26 Å². The molecule has 7 heavy (non-hydrogen) atoms. The van der Waals surface area contributed by atoms with E-state index in [0.29, 0.717) is 0 Å². The Morgan fingerprint density at radius 3 is 2.86 bits per heavy atom. The smallest absolute Gasteiger partial charge is 0.195 e. The van der Waals surface area contributed by atoms with Crippen molar-refractivity contribution < 1.29 is 0 Å². The summed E-state index contributed by atoms with van der Waals surface area (Å²) >= 11 is 0. The van der Waals surface area contributed by atoms with Crippen LogP contribution >= 0.6 is 0 Å². The quantitative estimate of drug-likeness (QED) is 0.421. The lowest BCUT2D eigenvalue weighted by Crippen LogP contribution is -2.24. The summed E-state index contributed by atoms with van der Waals surface area (Å²) in [7, 11) is 0. The molecule has 0 saturated carbocycles. The third-order valence-electron chi connectivity index (χ3n) is 0.982. The molecule has 1 N–H and O–H groups in total. The Hall–Kier alpha value is -0.750. The highest BCUT2D eigenvalue weighted by Crippen LogP contribution is 1.90. The molecule has 0 aromatic carbocycles. The predicted octanol–water partition coefficient (Wildman–Crippen LogP) is -0.322. The molecule has 1 saturated heterocycles. The van der Waals surface area contributed by atoms with Gasteiger partial charge < -0.3 is 0 Å². The predicted molar refractivity (Wildman–Crippen MR) is 24.9 cm³/mol. The van der Waals surface area contributed by atoms with Crippen molar-refractivity contribution in [3.63, 3.8) is 0 Å². The fourth-order valence-electron chi connectivity index (χ4n) is 0.616. The molecule has 1 aliphatic rings. The fourth-order valence-corrected chi connectivity index (χ4v) is 0.616. The summed E-state index contributed by atoms with van der Waals surface area (Å²) in [6.45, 7) is 1.82. The van der Waals surface area contributed by atoms with Gasteiger partial charge in [0.25, 0.3) is 0 Å². The first kappa shape index (κ1) is 4.41. The van der Waals surface area contributed by atoms with Gasteiger partial charge in [-0.1, -0.05) is 0 Å². The van der Waals surface area contributed by atoms with Gasteiger partial charge in [0.1, 0.15) is 0 Å². The lowest BCUT2D eigenvalue weighted by molar-refractivity contribution is 0.376. The van der Waals surface area contributed by atoms with Crippen LogP contribution in [0.4, 0.5) is 0 Å². The molecule has 3 nitrogen and oxygen atoms in total. The lowest BCUT2D eigenvalue weighted by atomic mass is 10.5. The summed E-state index contributed by atoms with van der Waals surface area (Å²) in [6.07, 6.45) is 3.08. The molecule has 0 aliphatic carbocycles. The molecule has 0 aromatic rings. The highest BCUT2D eigenvalue weighted by molar-refractivity contribution is 4.73. The van der Waals surface area contributed by atoms with Crippen molar-refractivity contribution >= 4 is 0 Å². The van der Waals surface area contributed by atoms with E-state index in [1.165, 1.54) is 0 Å². The Labute approximate surface area is 42.5 Å². The molecule has 1 heterocycles. The number of hydrogen-bond acceptors (Lipinski definition) is 3. The molecule has 0 spiro atoms. The Morgan fingerprint density at radius 1 is 1.71 bits per heavy atom. The van der Waals surface area contributed by atoms with Gasteiger partial charge >= 0.3 is 0 Å². The molecular weight excluding hydrogens is 90.1 g/mol. The molecule has 1 aliphatic heterocycles. The summed E-state index contributed by atoms with van der Waals surface area (Å²) in [5.41, 5.74) is 2.88. The standard InChI is InChI=1S/C4H7N3/c5-4-7-3-1-2-6-7/h6H,1-3H2. The molecule has 0 radical (unpaired) electrons. The number of nitriles is 1. The average Bonchev–Trinajstić information content (AvgIpc) is 2.14. The summed E-state index contributed by atoms with van der Waals surface area (Å²) in [5.74, 6) is 0. The molecule has 0 amide bonds. The molecule has 1 rings (SSSR count). The first-order valence-corrected chi connectivity index (χ1v) is 2.34. The number of nitrogens with zero attached hydrogens (tertiary/aromatic N) is 2. The van der Waals surface area contributed by atoms with Crippen molar-refractivity contribution in [2.75, 3.05) is 13.1 Å². The highest BCUT2D eigenvalue weighted by atomic mass is 15.5. The van der Waals surface area contributed by atoms with Gasteiger partial charge in [-0.25, -0.2) is 10.4 Å². The minimum absolute atomic E-state index is 0.872. The van der Waals surface area contributed by atoms with Crippen LogP contribution in [-0.4, -0.2) is 18.1 Å². The van der Waals surface area contributed by atoms with E-state index in [4.69, 9.17) is 5.26 Å². The van der Waals surface area contributed by atoms with E-state index < -0.39 is 0 Å². The van der Waals surface area contributed by atoms with E-state index in [1.54, 1.807) is 5.01 Å². The largest absolute Gasteiger partial charge is 0.245 e. The van der Waals surface area contributed by atoms with Crippen molar-refractivity contribution in [1.29, 1.82) is 5.26 Å². The second kappa shape index (κ2) is 1.80. The normalized spacial score (nSPS) is 19.6. The summed E-state index contributed by atoms with van der Waals surface area (Å²) in [4.78, 5) is 0. The fraction of sp³-hybridized carbons (Fsp3) is 0.750. The van der Waals surface area contributed by atoms with Crippen LogP contribution in [0.3, 0.4) is 0 Å². The van der Waals surface area contributed by atoms with Crippen molar-refractivity contribution in [3.8, 4) is 6.19 Å². The summed E-state index contributed by atoms with van der Waals surface area (Å²) < 4.78 is 0. The SMILES string of the molecule is N#CN1CCCN1. The molecule has 3 heteroatoms. The van der Waals surface area contributed by atoms with Gasteiger partial charge in [0, 0.05) is 13.1 Å².